The first-order chi connectivity index (χ1) is 12.0. The Kier molecular flexibility index (Phi) is 5.04. The van der Waals surface area contributed by atoms with Crippen molar-refractivity contribution >= 4 is 17.5 Å². The second-order valence-electron chi connectivity index (χ2n) is 6.13. The van der Waals surface area contributed by atoms with Crippen LogP contribution in [0.3, 0.4) is 0 Å². The Morgan fingerprint density at radius 3 is 2.56 bits per heavy atom. The number of ketones is 1. The third kappa shape index (κ3) is 3.82. The van der Waals surface area contributed by atoms with Crippen LogP contribution >= 0.6 is 11.8 Å². The fraction of sp³-hybridized carbons (Fsp3) is 0.250. The first-order valence-electron chi connectivity index (χ1n) is 8.13. The van der Waals surface area contributed by atoms with Crippen LogP contribution in [0, 0.1) is 20.8 Å². The number of hydrogen-bond donors (Lipinski definition) is 0. The van der Waals surface area contributed by atoms with E-state index in [1.54, 1.807) is 0 Å². The summed E-state index contributed by atoms with van der Waals surface area (Å²) in [6, 6.07) is 13.8. The predicted molar refractivity (Wildman–Crippen MR) is 100 cm³/mol. The minimum absolute atomic E-state index is 0.0711. The molecule has 0 saturated carbocycles. The van der Waals surface area contributed by atoms with Gasteiger partial charge in [-0.2, -0.15) is 0 Å². The third-order valence-corrected chi connectivity index (χ3v) is 5.02. The number of rotatable bonds is 5. The lowest BCUT2D eigenvalue weighted by Crippen LogP contribution is -2.15. The Labute approximate surface area is 151 Å². The van der Waals surface area contributed by atoms with Crippen LogP contribution in [0.5, 0.6) is 0 Å². The predicted octanol–water partition coefficient (Wildman–Crippen LogP) is 5.03. The molecule has 0 amide bonds. The van der Waals surface area contributed by atoms with Crippen molar-refractivity contribution in [1.29, 1.82) is 0 Å². The van der Waals surface area contributed by atoms with Crippen molar-refractivity contribution in [2.75, 3.05) is 0 Å². The smallest absolute Gasteiger partial charge is 0.277 e. The van der Waals surface area contributed by atoms with Gasteiger partial charge in [-0.25, -0.2) is 0 Å². The summed E-state index contributed by atoms with van der Waals surface area (Å²) in [5.74, 6) is 0.550. The molecule has 25 heavy (non-hydrogen) atoms. The molecule has 0 radical (unpaired) electrons. The highest BCUT2D eigenvalue weighted by atomic mass is 32.2. The maximum absolute atomic E-state index is 12.7. The number of aromatic nitrogens is 2. The molecule has 1 heterocycles. The molecule has 1 unspecified atom stereocenters. The van der Waals surface area contributed by atoms with Gasteiger partial charge in [-0.3, -0.25) is 4.79 Å². The van der Waals surface area contributed by atoms with Gasteiger partial charge >= 0.3 is 0 Å². The Morgan fingerprint density at radius 1 is 1.04 bits per heavy atom. The number of nitrogens with zero attached hydrogens (tertiary/aromatic N) is 2. The fourth-order valence-corrected chi connectivity index (χ4v) is 3.36. The monoisotopic (exact) mass is 352 g/mol. The SMILES string of the molecule is Cc1ccc(C)c(C(=O)C(C)Sc2nnc(-c3ccccc3C)o2)c1. The normalized spacial score (nSPS) is 12.2. The molecule has 3 rings (SSSR count). The summed E-state index contributed by atoms with van der Waals surface area (Å²) in [5, 5.41) is 8.31. The molecule has 0 bridgehead atoms. The zero-order valence-corrected chi connectivity index (χ0v) is 15.6. The van der Waals surface area contributed by atoms with E-state index in [-0.39, 0.29) is 11.0 Å². The van der Waals surface area contributed by atoms with E-state index in [0.717, 1.165) is 27.8 Å². The van der Waals surface area contributed by atoms with Gasteiger partial charge in [0.05, 0.1) is 5.25 Å². The first-order valence-corrected chi connectivity index (χ1v) is 9.01. The van der Waals surface area contributed by atoms with Crippen molar-refractivity contribution in [3.63, 3.8) is 0 Å². The first kappa shape index (κ1) is 17.4. The molecule has 0 spiro atoms. The Balaban J connectivity index is 1.78. The van der Waals surface area contributed by atoms with Crippen molar-refractivity contribution in [2.24, 2.45) is 0 Å². The number of benzene rings is 2. The van der Waals surface area contributed by atoms with E-state index < -0.39 is 0 Å². The average Bonchev–Trinajstić information content (AvgIpc) is 3.05. The van der Waals surface area contributed by atoms with Gasteiger partial charge in [0.2, 0.25) is 5.89 Å². The molecular weight excluding hydrogens is 332 g/mol. The molecule has 0 fully saturated rings. The molecule has 0 saturated heterocycles. The van der Waals surface area contributed by atoms with Crippen LogP contribution in [0.1, 0.15) is 34.0 Å². The Bertz CT molecular complexity index is 918. The van der Waals surface area contributed by atoms with Gasteiger partial charge < -0.3 is 4.42 Å². The highest BCUT2D eigenvalue weighted by Crippen LogP contribution is 2.29. The lowest BCUT2D eigenvalue weighted by molar-refractivity contribution is 0.0993. The molecule has 0 aliphatic heterocycles. The van der Waals surface area contributed by atoms with Crippen molar-refractivity contribution in [3.8, 4) is 11.5 Å². The maximum Gasteiger partial charge on any atom is 0.277 e. The van der Waals surface area contributed by atoms with Gasteiger partial charge in [-0.1, -0.05) is 47.7 Å². The number of carbonyl (C=O) groups excluding carboxylic acids is 1. The average molecular weight is 352 g/mol. The highest BCUT2D eigenvalue weighted by Gasteiger charge is 2.21. The standard InChI is InChI=1S/C20H20N2O2S/c1-12-9-10-14(3)17(11-12)18(23)15(4)25-20-22-21-19(24-20)16-8-6-5-7-13(16)2/h5-11,15H,1-4H3. The molecule has 3 aromatic rings. The van der Waals surface area contributed by atoms with Crippen LogP contribution in [0.4, 0.5) is 0 Å². The van der Waals surface area contributed by atoms with E-state index in [1.165, 1.54) is 11.8 Å². The number of Topliss-reactive ketones (excluding diaryl/α,β-unsaturated/α-hetero) is 1. The zero-order chi connectivity index (χ0) is 18.0. The molecule has 0 N–H and O–H groups in total. The van der Waals surface area contributed by atoms with E-state index >= 15 is 0 Å². The quantitative estimate of drug-likeness (QED) is 0.476. The van der Waals surface area contributed by atoms with Gasteiger partial charge in [0.1, 0.15) is 0 Å². The highest BCUT2D eigenvalue weighted by molar-refractivity contribution is 8.00. The van der Waals surface area contributed by atoms with Crippen LogP contribution in [-0.4, -0.2) is 21.2 Å². The molecule has 4 nitrogen and oxygen atoms in total. The molecule has 128 valence electrons. The molecule has 0 aliphatic carbocycles. The summed E-state index contributed by atoms with van der Waals surface area (Å²) in [6.45, 7) is 7.80. The summed E-state index contributed by atoms with van der Waals surface area (Å²) < 4.78 is 5.75. The fourth-order valence-electron chi connectivity index (χ4n) is 2.60. The van der Waals surface area contributed by atoms with Gasteiger partial charge in [0.15, 0.2) is 5.78 Å². The lowest BCUT2D eigenvalue weighted by atomic mass is 10.0. The lowest BCUT2D eigenvalue weighted by Gasteiger charge is -2.10. The van der Waals surface area contributed by atoms with Crippen molar-refractivity contribution in [2.45, 2.75) is 38.2 Å². The van der Waals surface area contributed by atoms with Crippen LogP contribution in [0.2, 0.25) is 0 Å². The van der Waals surface area contributed by atoms with E-state index in [2.05, 4.69) is 10.2 Å². The molecule has 1 atom stereocenters. The third-order valence-electron chi connectivity index (χ3n) is 4.09. The van der Waals surface area contributed by atoms with Crippen LogP contribution in [0.25, 0.3) is 11.5 Å². The van der Waals surface area contributed by atoms with Gasteiger partial charge in [0, 0.05) is 11.1 Å². The topological polar surface area (TPSA) is 56.0 Å². The minimum atomic E-state index is -0.300. The Hall–Kier alpha value is -2.40. The number of hydrogen-bond acceptors (Lipinski definition) is 5. The van der Waals surface area contributed by atoms with Gasteiger partial charge in [0.25, 0.3) is 5.22 Å². The van der Waals surface area contributed by atoms with Crippen LogP contribution in [-0.2, 0) is 0 Å². The van der Waals surface area contributed by atoms with Crippen molar-refractivity contribution in [3.05, 3.63) is 64.7 Å². The van der Waals surface area contributed by atoms with Crippen LogP contribution < -0.4 is 0 Å². The largest absolute Gasteiger partial charge is 0.411 e. The number of thioether (sulfide) groups is 1. The second kappa shape index (κ2) is 7.23. The van der Waals surface area contributed by atoms with Crippen molar-refractivity contribution in [1.82, 2.24) is 10.2 Å². The summed E-state index contributed by atoms with van der Waals surface area (Å²) in [5.41, 5.74) is 4.79. The van der Waals surface area contributed by atoms with Gasteiger partial charge in [-0.05, 0) is 51.0 Å². The minimum Gasteiger partial charge on any atom is -0.411 e. The van der Waals surface area contributed by atoms with E-state index in [4.69, 9.17) is 4.42 Å². The summed E-state index contributed by atoms with van der Waals surface area (Å²) >= 11 is 1.29. The Morgan fingerprint density at radius 2 is 1.80 bits per heavy atom. The molecular formula is C20H20N2O2S. The second-order valence-corrected chi connectivity index (χ2v) is 7.42. The molecule has 2 aromatic carbocycles. The number of carbonyl (C=O) groups is 1. The number of aryl methyl sites for hydroxylation is 3. The summed E-state index contributed by atoms with van der Waals surface area (Å²) in [4.78, 5) is 12.7. The van der Waals surface area contributed by atoms with Crippen molar-refractivity contribution < 1.29 is 9.21 Å². The van der Waals surface area contributed by atoms with Gasteiger partial charge in [-0.15, -0.1) is 10.2 Å². The van der Waals surface area contributed by atoms with E-state index in [0.29, 0.717) is 11.1 Å². The summed E-state index contributed by atoms with van der Waals surface area (Å²) in [6.07, 6.45) is 0. The summed E-state index contributed by atoms with van der Waals surface area (Å²) in [7, 11) is 0. The molecule has 0 aliphatic rings. The molecule has 5 heteroatoms. The molecule has 1 aromatic heterocycles. The van der Waals surface area contributed by atoms with E-state index in [1.807, 2.05) is 70.2 Å². The maximum atomic E-state index is 12.7. The van der Waals surface area contributed by atoms with Crippen LogP contribution in [0.15, 0.2) is 52.1 Å². The van der Waals surface area contributed by atoms with E-state index in [9.17, 15) is 4.79 Å². The zero-order valence-electron chi connectivity index (χ0n) is 14.7.